The fourth-order valence-corrected chi connectivity index (χ4v) is 3.55. The second-order valence-corrected chi connectivity index (χ2v) is 6.89. The summed E-state index contributed by atoms with van der Waals surface area (Å²) in [6.07, 6.45) is 0. The molecule has 0 atom stereocenters. The van der Waals surface area contributed by atoms with Crippen LogP contribution in [0.15, 0.2) is 41.8 Å². The zero-order chi connectivity index (χ0) is 16.8. The van der Waals surface area contributed by atoms with Crippen LogP contribution in [0.25, 0.3) is 0 Å². The van der Waals surface area contributed by atoms with Crippen LogP contribution in [0.3, 0.4) is 0 Å². The van der Waals surface area contributed by atoms with Gasteiger partial charge in [-0.15, -0.1) is 11.3 Å². The molecule has 0 saturated carbocycles. The lowest BCUT2D eigenvalue weighted by molar-refractivity contribution is 0.135. The van der Waals surface area contributed by atoms with E-state index in [2.05, 4.69) is 27.7 Å². The minimum absolute atomic E-state index is 0.00796. The maximum absolute atomic E-state index is 12.3. The summed E-state index contributed by atoms with van der Waals surface area (Å²) in [4.78, 5) is 18.0. The second-order valence-electron chi connectivity index (χ2n) is 5.85. The third kappa shape index (κ3) is 4.49. The monoisotopic (exact) mass is 345 g/mol. The second kappa shape index (κ2) is 8.17. The lowest BCUT2D eigenvalue weighted by atomic mass is 10.2. The maximum atomic E-state index is 12.3. The van der Waals surface area contributed by atoms with E-state index in [0.29, 0.717) is 6.54 Å². The van der Waals surface area contributed by atoms with Gasteiger partial charge in [-0.25, -0.2) is 4.79 Å². The summed E-state index contributed by atoms with van der Waals surface area (Å²) in [5.74, 6) is 0.809. The Morgan fingerprint density at radius 2 is 2.04 bits per heavy atom. The normalized spacial score (nSPS) is 15.3. The van der Waals surface area contributed by atoms with Gasteiger partial charge >= 0.3 is 6.03 Å². The van der Waals surface area contributed by atoms with E-state index >= 15 is 0 Å². The molecular formula is C18H23N3O2S. The summed E-state index contributed by atoms with van der Waals surface area (Å²) in [5.41, 5.74) is 1.04. The van der Waals surface area contributed by atoms with Gasteiger partial charge in [-0.05, 0) is 29.1 Å². The molecule has 128 valence electrons. The first kappa shape index (κ1) is 16.8. The predicted molar refractivity (Wildman–Crippen MR) is 96.4 cm³/mol. The van der Waals surface area contributed by atoms with Crippen LogP contribution in [0.2, 0.25) is 0 Å². The van der Waals surface area contributed by atoms with E-state index in [0.717, 1.165) is 44.0 Å². The van der Waals surface area contributed by atoms with E-state index in [4.69, 9.17) is 4.74 Å². The average Bonchev–Trinajstić information content (AvgIpc) is 3.13. The molecule has 24 heavy (non-hydrogen) atoms. The number of benzene rings is 1. The smallest absolute Gasteiger partial charge is 0.317 e. The molecule has 6 heteroatoms. The van der Waals surface area contributed by atoms with Crippen LogP contribution >= 0.6 is 11.3 Å². The van der Waals surface area contributed by atoms with Gasteiger partial charge in [0.1, 0.15) is 5.75 Å². The van der Waals surface area contributed by atoms with Crippen molar-refractivity contribution in [3.63, 3.8) is 0 Å². The summed E-state index contributed by atoms with van der Waals surface area (Å²) in [5, 5.41) is 5.10. The fraction of sp³-hybridized carbons (Fsp3) is 0.389. The number of carbonyl (C=O) groups excluding carboxylic acids is 1. The van der Waals surface area contributed by atoms with Crippen molar-refractivity contribution in [3.8, 4) is 5.75 Å². The van der Waals surface area contributed by atoms with E-state index < -0.39 is 0 Å². The lowest BCUT2D eigenvalue weighted by Crippen LogP contribution is -2.51. The molecule has 2 aromatic rings. The highest BCUT2D eigenvalue weighted by atomic mass is 32.1. The number of nitrogens with one attached hydrogen (secondary N) is 1. The van der Waals surface area contributed by atoms with Crippen molar-refractivity contribution in [1.29, 1.82) is 0 Å². The first-order valence-electron chi connectivity index (χ1n) is 8.15. The highest BCUT2D eigenvalue weighted by molar-refractivity contribution is 7.09. The fourth-order valence-electron chi connectivity index (χ4n) is 2.80. The van der Waals surface area contributed by atoms with Crippen LogP contribution in [-0.2, 0) is 13.1 Å². The molecule has 1 aliphatic rings. The molecule has 2 amide bonds. The SMILES string of the molecule is COc1cccc(CNC(=O)N2CCN(Cc3cccs3)CC2)c1. The zero-order valence-corrected chi connectivity index (χ0v) is 14.7. The van der Waals surface area contributed by atoms with Crippen LogP contribution in [0, 0.1) is 0 Å². The Bertz CT molecular complexity index is 652. The van der Waals surface area contributed by atoms with Gasteiger partial charge in [0.2, 0.25) is 0 Å². The molecule has 1 N–H and O–H groups in total. The molecule has 0 spiro atoms. The number of piperazine rings is 1. The Labute approximate surface area is 146 Å². The maximum Gasteiger partial charge on any atom is 0.317 e. The van der Waals surface area contributed by atoms with Crippen molar-refractivity contribution >= 4 is 17.4 Å². The highest BCUT2D eigenvalue weighted by Gasteiger charge is 2.21. The van der Waals surface area contributed by atoms with Crippen LogP contribution in [0.5, 0.6) is 5.75 Å². The molecule has 1 fully saturated rings. The minimum atomic E-state index is 0.00796. The van der Waals surface area contributed by atoms with Crippen LogP contribution in [-0.4, -0.2) is 49.1 Å². The minimum Gasteiger partial charge on any atom is -0.497 e. The molecule has 0 aliphatic carbocycles. The third-order valence-corrected chi connectivity index (χ3v) is 5.06. The van der Waals surface area contributed by atoms with Crippen molar-refractivity contribution in [2.75, 3.05) is 33.3 Å². The van der Waals surface area contributed by atoms with Crippen LogP contribution in [0.4, 0.5) is 4.79 Å². The Morgan fingerprint density at radius 1 is 1.21 bits per heavy atom. The molecule has 0 radical (unpaired) electrons. The van der Waals surface area contributed by atoms with Crippen molar-refractivity contribution in [1.82, 2.24) is 15.1 Å². The Hall–Kier alpha value is -2.05. The number of amides is 2. The van der Waals surface area contributed by atoms with E-state index in [-0.39, 0.29) is 6.03 Å². The molecule has 0 unspecified atom stereocenters. The first-order chi connectivity index (χ1) is 11.7. The Morgan fingerprint density at radius 3 is 2.75 bits per heavy atom. The molecule has 1 saturated heterocycles. The van der Waals surface area contributed by atoms with Gasteiger partial charge in [0, 0.05) is 44.1 Å². The van der Waals surface area contributed by atoms with Gasteiger partial charge in [-0.3, -0.25) is 4.90 Å². The van der Waals surface area contributed by atoms with Crippen molar-refractivity contribution < 1.29 is 9.53 Å². The van der Waals surface area contributed by atoms with E-state index in [1.165, 1.54) is 4.88 Å². The standard InChI is InChI=1S/C18H23N3O2S/c1-23-16-5-2-4-15(12-16)13-19-18(22)21-9-7-20(8-10-21)14-17-6-3-11-24-17/h2-6,11-12H,7-10,13-14H2,1H3,(H,19,22). The number of hydrogen-bond acceptors (Lipinski definition) is 4. The Balaban J connectivity index is 1.43. The molecule has 1 aliphatic heterocycles. The number of thiophene rings is 1. The van der Waals surface area contributed by atoms with Crippen LogP contribution < -0.4 is 10.1 Å². The number of methoxy groups -OCH3 is 1. The largest absolute Gasteiger partial charge is 0.497 e. The quantitative estimate of drug-likeness (QED) is 0.906. The number of urea groups is 1. The van der Waals surface area contributed by atoms with Crippen LogP contribution in [0.1, 0.15) is 10.4 Å². The summed E-state index contributed by atoms with van der Waals surface area (Å²) in [6.45, 7) is 4.89. The van der Waals surface area contributed by atoms with Crippen molar-refractivity contribution in [3.05, 3.63) is 52.2 Å². The molecule has 0 bridgehead atoms. The van der Waals surface area contributed by atoms with E-state index in [1.54, 1.807) is 18.4 Å². The zero-order valence-electron chi connectivity index (χ0n) is 13.9. The first-order valence-corrected chi connectivity index (χ1v) is 9.03. The molecule has 3 rings (SSSR count). The molecule has 5 nitrogen and oxygen atoms in total. The van der Waals surface area contributed by atoms with Gasteiger partial charge in [0.05, 0.1) is 7.11 Å². The average molecular weight is 345 g/mol. The molecular weight excluding hydrogens is 322 g/mol. The number of ether oxygens (including phenoxy) is 1. The predicted octanol–water partition coefficient (Wildman–Crippen LogP) is 2.78. The van der Waals surface area contributed by atoms with Crippen molar-refractivity contribution in [2.45, 2.75) is 13.1 Å². The van der Waals surface area contributed by atoms with Gasteiger partial charge in [0.25, 0.3) is 0 Å². The van der Waals surface area contributed by atoms with Gasteiger partial charge in [-0.2, -0.15) is 0 Å². The number of carbonyl (C=O) groups is 1. The topological polar surface area (TPSA) is 44.8 Å². The number of nitrogens with zero attached hydrogens (tertiary/aromatic N) is 2. The summed E-state index contributed by atoms with van der Waals surface area (Å²) < 4.78 is 5.20. The summed E-state index contributed by atoms with van der Waals surface area (Å²) in [6, 6.07) is 12.0. The van der Waals surface area contributed by atoms with Gasteiger partial charge < -0.3 is 15.0 Å². The molecule has 1 aromatic carbocycles. The van der Waals surface area contributed by atoms with Gasteiger partial charge in [-0.1, -0.05) is 18.2 Å². The lowest BCUT2D eigenvalue weighted by Gasteiger charge is -2.34. The van der Waals surface area contributed by atoms with E-state index in [9.17, 15) is 4.79 Å². The third-order valence-electron chi connectivity index (χ3n) is 4.20. The molecule has 1 aromatic heterocycles. The number of rotatable bonds is 5. The number of hydrogen-bond donors (Lipinski definition) is 1. The van der Waals surface area contributed by atoms with E-state index in [1.807, 2.05) is 29.2 Å². The molecule has 2 heterocycles. The van der Waals surface area contributed by atoms with Crippen molar-refractivity contribution in [2.24, 2.45) is 0 Å². The highest BCUT2D eigenvalue weighted by Crippen LogP contribution is 2.14. The summed E-state index contributed by atoms with van der Waals surface area (Å²) in [7, 11) is 1.65. The van der Waals surface area contributed by atoms with Gasteiger partial charge in [0.15, 0.2) is 0 Å². The summed E-state index contributed by atoms with van der Waals surface area (Å²) >= 11 is 1.79. The Kier molecular flexibility index (Phi) is 5.72.